The third-order valence-electron chi connectivity index (χ3n) is 4.85. The van der Waals surface area contributed by atoms with Crippen LogP contribution >= 0.6 is 0 Å². The van der Waals surface area contributed by atoms with Crippen molar-refractivity contribution in [3.63, 3.8) is 0 Å². The monoisotopic (exact) mass is 298 g/mol. The average molecular weight is 298 g/mol. The number of piperidine rings is 1. The van der Waals surface area contributed by atoms with E-state index in [1.54, 1.807) is 0 Å². The minimum absolute atomic E-state index is 0.361. The summed E-state index contributed by atoms with van der Waals surface area (Å²) in [7, 11) is 0. The molecule has 1 saturated carbocycles. The molecule has 0 bridgehead atoms. The van der Waals surface area contributed by atoms with E-state index < -0.39 is 0 Å². The van der Waals surface area contributed by atoms with Gasteiger partial charge in [0.25, 0.3) is 0 Å². The number of nitrogens with one attached hydrogen (secondary N) is 1. The van der Waals surface area contributed by atoms with E-state index in [-0.39, 0.29) is 6.10 Å². The molecule has 124 valence electrons. The Hall–Kier alpha value is -0.160. The van der Waals surface area contributed by atoms with Crippen molar-refractivity contribution in [2.75, 3.05) is 32.8 Å². The first-order valence-electron chi connectivity index (χ1n) is 9.03. The molecule has 4 nitrogen and oxygen atoms in total. The first-order chi connectivity index (χ1) is 10.3. The lowest BCUT2D eigenvalue weighted by molar-refractivity contribution is -0.0240. The van der Waals surface area contributed by atoms with Crippen molar-refractivity contribution < 1.29 is 9.84 Å². The van der Waals surface area contributed by atoms with Crippen molar-refractivity contribution in [1.82, 2.24) is 10.2 Å². The zero-order chi connectivity index (χ0) is 14.9. The Morgan fingerprint density at radius 1 is 1.14 bits per heavy atom. The molecule has 2 aliphatic rings. The van der Waals surface area contributed by atoms with Gasteiger partial charge in [-0.25, -0.2) is 0 Å². The van der Waals surface area contributed by atoms with Crippen molar-refractivity contribution in [2.45, 2.75) is 76.5 Å². The maximum absolute atomic E-state index is 10.0. The standard InChI is InChI=1S/C17H34N2O2/c1-2-10-19-11-8-15(9-12-19)18-13-16(20)14-21-17-6-4-3-5-7-17/h15-18,20H,2-14H2,1H3. The van der Waals surface area contributed by atoms with Crippen LogP contribution in [0.2, 0.25) is 0 Å². The number of hydrogen-bond acceptors (Lipinski definition) is 4. The molecule has 4 heteroatoms. The molecule has 1 aliphatic heterocycles. The number of rotatable bonds is 8. The van der Waals surface area contributed by atoms with Gasteiger partial charge in [-0.15, -0.1) is 0 Å². The third-order valence-corrected chi connectivity index (χ3v) is 4.85. The van der Waals surface area contributed by atoms with Crippen molar-refractivity contribution in [3.05, 3.63) is 0 Å². The SMILES string of the molecule is CCCN1CCC(NCC(O)COC2CCCCC2)CC1. The van der Waals surface area contributed by atoms with Crippen LogP contribution in [-0.2, 0) is 4.74 Å². The molecule has 0 radical (unpaired) electrons. The molecule has 1 heterocycles. The fraction of sp³-hybridized carbons (Fsp3) is 1.00. The second kappa shape index (κ2) is 9.78. The number of hydrogen-bond donors (Lipinski definition) is 2. The van der Waals surface area contributed by atoms with E-state index in [4.69, 9.17) is 4.74 Å². The Kier molecular flexibility index (Phi) is 8.01. The second-order valence-electron chi connectivity index (χ2n) is 6.77. The maximum Gasteiger partial charge on any atom is 0.0897 e. The van der Waals surface area contributed by atoms with E-state index >= 15 is 0 Å². The fourth-order valence-corrected chi connectivity index (χ4v) is 3.52. The third kappa shape index (κ3) is 6.64. The molecular formula is C17H34N2O2. The fourth-order valence-electron chi connectivity index (χ4n) is 3.52. The molecule has 2 fully saturated rings. The molecule has 0 amide bonds. The Bertz CT molecular complexity index is 262. The number of aliphatic hydroxyl groups excluding tert-OH is 1. The summed E-state index contributed by atoms with van der Waals surface area (Å²) in [6.07, 6.45) is 9.96. The predicted octanol–water partition coefficient (Wildman–Crippen LogP) is 2.16. The number of nitrogens with zero attached hydrogens (tertiary/aromatic N) is 1. The lowest BCUT2D eigenvalue weighted by atomic mass is 9.98. The minimum atomic E-state index is -0.361. The zero-order valence-electron chi connectivity index (χ0n) is 13.7. The molecule has 2 N–H and O–H groups in total. The Morgan fingerprint density at radius 3 is 2.52 bits per heavy atom. The summed E-state index contributed by atoms with van der Waals surface area (Å²) in [6, 6.07) is 0.572. The van der Waals surface area contributed by atoms with Gasteiger partial charge in [-0.2, -0.15) is 0 Å². The van der Waals surface area contributed by atoms with Gasteiger partial charge in [-0.3, -0.25) is 0 Å². The van der Waals surface area contributed by atoms with Crippen LogP contribution in [0.15, 0.2) is 0 Å². The molecule has 2 rings (SSSR count). The number of aliphatic hydroxyl groups is 1. The number of likely N-dealkylation sites (tertiary alicyclic amines) is 1. The van der Waals surface area contributed by atoms with Gasteiger partial charge in [-0.1, -0.05) is 26.2 Å². The van der Waals surface area contributed by atoms with E-state index in [1.807, 2.05) is 0 Å². The summed E-state index contributed by atoms with van der Waals surface area (Å²) in [6.45, 7) is 7.02. The molecule has 0 spiro atoms. The molecule has 1 aliphatic carbocycles. The van der Waals surface area contributed by atoms with E-state index in [9.17, 15) is 5.11 Å². The van der Waals surface area contributed by atoms with Crippen molar-refractivity contribution in [3.8, 4) is 0 Å². The zero-order valence-corrected chi connectivity index (χ0v) is 13.7. The second-order valence-corrected chi connectivity index (χ2v) is 6.77. The van der Waals surface area contributed by atoms with Gasteiger partial charge in [-0.05, 0) is 51.7 Å². The molecule has 0 aromatic heterocycles. The van der Waals surface area contributed by atoms with Gasteiger partial charge >= 0.3 is 0 Å². The highest BCUT2D eigenvalue weighted by molar-refractivity contribution is 4.78. The molecular weight excluding hydrogens is 264 g/mol. The molecule has 1 atom stereocenters. The van der Waals surface area contributed by atoms with Crippen LogP contribution in [0.5, 0.6) is 0 Å². The van der Waals surface area contributed by atoms with Crippen LogP contribution in [0.3, 0.4) is 0 Å². The van der Waals surface area contributed by atoms with Crippen LogP contribution < -0.4 is 5.32 Å². The van der Waals surface area contributed by atoms with Crippen LogP contribution in [0, 0.1) is 0 Å². The summed E-state index contributed by atoms with van der Waals surface area (Å²) in [5.74, 6) is 0. The predicted molar refractivity (Wildman–Crippen MR) is 86.6 cm³/mol. The summed E-state index contributed by atoms with van der Waals surface area (Å²) in [5, 5.41) is 13.6. The first-order valence-corrected chi connectivity index (χ1v) is 9.03. The Labute approximate surface area is 130 Å². The van der Waals surface area contributed by atoms with Crippen molar-refractivity contribution >= 4 is 0 Å². The molecule has 1 saturated heterocycles. The van der Waals surface area contributed by atoms with Gasteiger partial charge in [0.15, 0.2) is 0 Å². The van der Waals surface area contributed by atoms with Gasteiger partial charge in [0.05, 0.1) is 18.8 Å². The van der Waals surface area contributed by atoms with Gasteiger partial charge in [0.2, 0.25) is 0 Å². The van der Waals surface area contributed by atoms with E-state index in [0.717, 1.165) is 0 Å². The topological polar surface area (TPSA) is 44.7 Å². The minimum Gasteiger partial charge on any atom is -0.389 e. The lowest BCUT2D eigenvalue weighted by Crippen LogP contribution is -2.45. The molecule has 0 aromatic rings. The van der Waals surface area contributed by atoms with Crippen LogP contribution in [-0.4, -0.2) is 61.0 Å². The van der Waals surface area contributed by atoms with Crippen LogP contribution in [0.1, 0.15) is 58.3 Å². The quantitative estimate of drug-likeness (QED) is 0.721. The molecule has 0 aromatic carbocycles. The van der Waals surface area contributed by atoms with E-state index in [1.165, 1.54) is 71.0 Å². The van der Waals surface area contributed by atoms with Gasteiger partial charge < -0.3 is 20.1 Å². The van der Waals surface area contributed by atoms with Crippen LogP contribution in [0.25, 0.3) is 0 Å². The average Bonchev–Trinajstić information content (AvgIpc) is 2.53. The van der Waals surface area contributed by atoms with Crippen LogP contribution in [0.4, 0.5) is 0 Å². The Morgan fingerprint density at radius 2 is 1.86 bits per heavy atom. The molecule has 21 heavy (non-hydrogen) atoms. The normalized spacial score (nSPS) is 24.3. The maximum atomic E-state index is 10.0. The lowest BCUT2D eigenvalue weighted by Gasteiger charge is -2.32. The molecule has 1 unspecified atom stereocenters. The smallest absolute Gasteiger partial charge is 0.0897 e. The summed E-state index contributed by atoms with van der Waals surface area (Å²) >= 11 is 0. The highest BCUT2D eigenvalue weighted by Gasteiger charge is 2.20. The highest BCUT2D eigenvalue weighted by Crippen LogP contribution is 2.20. The summed E-state index contributed by atoms with van der Waals surface area (Å²) in [4.78, 5) is 2.54. The highest BCUT2D eigenvalue weighted by atomic mass is 16.5. The summed E-state index contributed by atoms with van der Waals surface area (Å²) in [5.41, 5.74) is 0. The van der Waals surface area contributed by atoms with Gasteiger partial charge in [0, 0.05) is 12.6 Å². The Balaban J connectivity index is 1.51. The summed E-state index contributed by atoms with van der Waals surface area (Å²) < 4.78 is 5.84. The van der Waals surface area contributed by atoms with E-state index in [2.05, 4.69) is 17.1 Å². The number of ether oxygens (including phenoxy) is 1. The largest absolute Gasteiger partial charge is 0.389 e. The first kappa shape index (κ1) is 17.2. The van der Waals surface area contributed by atoms with Crippen molar-refractivity contribution in [1.29, 1.82) is 0 Å². The van der Waals surface area contributed by atoms with Gasteiger partial charge in [0.1, 0.15) is 0 Å². The van der Waals surface area contributed by atoms with E-state index in [0.29, 0.717) is 25.3 Å². The van der Waals surface area contributed by atoms with Crippen molar-refractivity contribution in [2.24, 2.45) is 0 Å².